The van der Waals surface area contributed by atoms with E-state index in [2.05, 4.69) is 20.9 Å². The van der Waals surface area contributed by atoms with Crippen molar-refractivity contribution in [3.05, 3.63) is 65.0 Å². The van der Waals surface area contributed by atoms with E-state index in [4.69, 9.17) is 0 Å². The van der Waals surface area contributed by atoms with Crippen LogP contribution in [0.5, 0.6) is 0 Å². The fourth-order valence-electron chi connectivity index (χ4n) is 2.61. The summed E-state index contributed by atoms with van der Waals surface area (Å²) in [5.41, 5.74) is 0.330. The zero-order chi connectivity index (χ0) is 21.4. The smallest absolute Gasteiger partial charge is 0.357 e. The average Bonchev–Trinajstić information content (AvgIpc) is 2.64. The number of carbonyl (C=O) groups is 1. The molecular formula is C20H23F4IN4O. The van der Waals surface area contributed by atoms with Crippen LogP contribution < -0.4 is 16.0 Å². The first-order chi connectivity index (χ1) is 13.7. The molecule has 0 saturated heterocycles. The number of halogens is 5. The van der Waals surface area contributed by atoms with Crippen molar-refractivity contribution in [1.82, 2.24) is 10.6 Å². The van der Waals surface area contributed by atoms with Crippen LogP contribution in [0, 0.1) is 5.82 Å². The van der Waals surface area contributed by atoms with Crippen molar-refractivity contribution in [1.29, 1.82) is 0 Å². The molecule has 3 N–H and O–H groups in total. The summed E-state index contributed by atoms with van der Waals surface area (Å²) in [6.45, 7) is 3.81. The molecule has 0 aromatic heterocycles. The van der Waals surface area contributed by atoms with E-state index in [1.807, 2.05) is 13.0 Å². The molecule has 0 fully saturated rings. The lowest BCUT2D eigenvalue weighted by Crippen LogP contribution is -2.37. The highest BCUT2D eigenvalue weighted by Crippen LogP contribution is 2.32. The van der Waals surface area contributed by atoms with Crippen molar-refractivity contribution < 1.29 is 22.4 Å². The summed E-state index contributed by atoms with van der Waals surface area (Å²) in [7, 11) is 0. The summed E-state index contributed by atoms with van der Waals surface area (Å²) in [6.07, 6.45) is -4.65. The largest absolute Gasteiger partial charge is 0.416 e. The van der Waals surface area contributed by atoms with E-state index in [0.29, 0.717) is 24.3 Å². The number of aliphatic imine (C=N–C) groups is 1. The third-order valence-corrected chi connectivity index (χ3v) is 3.83. The van der Waals surface area contributed by atoms with E-state index >= 15 is 0 Å². The van der Waals surface area contributed by atoms with Crippen molar-refractivity contribution in [3.63, 3.8) is 0 Å². The maximum absolute atomic E-state index is 13.2. The van der Waals surface area contributed by atoms with Gasteiger partial charge in [-0.15, -0.1) is 24.0 Å². The molecule has 0 radical (unpaired) electrons. The van der Waals surface area contributed by atoms with Gasteiger partial charge in [-0.25, -0.2) is 9.38 Å². The lowest BCUT2D eigenvalue weighted by atomic mass is 10.1. The first kappa shape index (κ1) is 25.7. The van der Waals surface area contributed by atoms with Gasteiger partial charge in [-0.1, -0.05) is 18.2 Å². The number of amides is 1. The topological polar surface area (TPSA) is 65.5 Å². The van der Waals surface area contributed by atoms with Gasteiger partial charge in [0.2, 0.25) is 5.91 Å². The number of rotatable bonds is 6. The van der Waals surface area contributed by atoms with Gasteiger partial charge in [-0.05, 0) is 42.3 Å². The minimum absolute atomic E-state index is 0. The highest BCUT2D eigenvalue weighted by molar-refractivity contribution is 14.0. The van der Waals surface area contributed by atoms with Crippen LogP contribution in [0.25, 0.3) is 0 Å². The SMILES string of the molecule is CCNC(=NCc1cccc(NC(C)=O)c1)NCc1ccc(F)cc1C(F)(F)F.I. The Balaban J connectivity index is 0.00000450. The Morgan fingerprint density at radius 3 is 2.47 bits per heavy atom. The molecule has 2 rings (SSSR count). The van der Waals surface area contributed by atoms with Crippen LogP contribution >= 0.6 is 24.0 Å². The van der Waals surface area contributed by atoms with Gasteiger partial charge < -0.3 is 16.0 Å². The Morgan fingerprint density at radius 2 is 1.83 bits per heavy atom. The van der Waals surface area contributed by atoms with Crippen LogP contribution in [-0.4, -0.2) is 18.4 Å². The number of nitrogens with zero attached hydrogens (tertiary/aromatic N) is 1. The molecule has 2 aromatic carbocycles. The van der Waals surface area contributed by atoms with Gasteiger partial charge in [0.05, 0.1) is 12.1 Å². The van der Waals surface area contributed by atoms with Crippen molar-refractivity contribution in [2.75, 3.05) is 11.9 Å². The zero-order valence-electron chi connectivity index (χ0n) is 16.4. The van der Waals surface area contributed by atoms with E-state index in [9.17, 15) is 22.4 Å². The highest BCUT2D eigenvalue weighted by Gasteiger charge is 2.33. The number of anilines is 1. The van der Waals surface area contributed by atoms with Crippen LogP contribution in [0.2, 0.25) is 0 Å². The van der Waals surface area contributed by atoms with Gasteiger partial charge in [-0.2, -0.15) is 13.2 Å². The van der Waals surface area contributed by atoms with Crippen LogP contribution in [0.3, 0.4) is 0 Å². The van der Waals surface area contributed by atoms with E-state index < -0.39 is 17.6 Å². The standard InChI is InChI=1S/C20H22F4N4O.HI/c1-3-25-19(26-11-14-5-4-6-17(9-14)28-13(2)29)27-12-15-7-8-16(21)10-18(15)20(22,23)24;/h4-10H,3,11-12H2,1-2H3,(H,28,29)(H2,25,26,27);1H. The van der Waals surface area contributed by atoms with E-state index in [-0.39, 0.29) is 48.5 Å². The molecule has 0 unspecified atom stereocenters. The first-order valence-electron chi connectivity index (χ1n) is 8.93. The highest BCUT2D eigenvalue weighted by atomic mass is 127. The van der Waals surface area contributed by atoms with Gasteiger partial charge in [0, 0.05) is 25.7 Å². The molecule has 0 heterocycles. The van der Waals surface area contributed by atoms with Crippen molar-refractivity contribution in [2.45, 2.75) is 33.1 Å². The monoisotopic (exact) mass is 538 g/mol. The molecule has 0 aliphatic carbocycles. The Hall–Kier alpha value is -2.37. The Labute approximate surface area is 189 Å². The van der Waals surface area contributed by atoms with Crippen molar-refractivity contribution >= 4 is 41.5 Å². The van der Waals surface area contributed by atoms with Gasteiger partial charge in [0.1, 0.15) is 5.82 Å². The molecule has 164 valence electrons. The minimum atomic E-state index is -4.65. The van der Waals surface area contributed by atoms with Gasteiger partial charge in [-0.3, -0.25) is 4.79 Å². The van der Waals surface area contributed by atoms with Gasteiger partial charge >= 0.3 is 6.18 Å². The molecule has 2 aromatic rings. The Kier molecular flexibility index (Phi) is 10.0. The number of carbonyl (C=O) groups excluding carboxylic acids is 1. The van der Waals surface area contributed by atoms with Crippen LogP contribution in [0.1, 0.15) is 30.5 Å². The third kappa shape index (κ3) is 8.17. The van der Waals surface area contributed by atoms with Crippen molar-refractivity contribution in [3.8, 4) is 0 Å². The van der Waals surface area contributed by atoms with E-state index in [1.54, 1.807) is 18.2 Å². The molecular weight excluding hydrogens is 515 g/mol. The second kappa shape index (κ2) is 11.7. The summed E-state index contributed by atoms with van der Waals surface area (Å²) in [6, 6.07) is 9.66. The minimum Gasteiger partial charge on any atom is -0.357 e. The summed E-state index contributed by atoms with van der Waals surface area (Å²) in [4.78, 5) is 15.5. The summed E-state index contributed by atoms with van der Waals surface area (Å²) in [5, 5.41) is 8.46. The van der Waals surface area contributed by atoms with Crippen LogP contribution in [-0.2, 0) is 24.1 Å². The number of benzene rings is 2. The molecule has 0 saturated carbocycles. The fourth-order valence-corrected chi connectivity index (χ4v) is 2.61. The van der Waals surface area contributed by atoms with Gasteiger partial charge in [0.15, 0.2) is 5.96 Å². The molecule has 0 spiro atoms. The Morgan fingerprint density at radius 1 is 1.10 bits per heavy atom. The van der Waals surface area contributed by atoms with Crippen LogP contribution in [0.15, 0.2) is 47.5 Å². The lowest BCUT2D eigenvalue weighted by molar-refractivity contribution is -0.138. The summed E-state index contributed by atoms with van der Waals surface area (Å²) in [5.74, 6) is -0.823. The molecule has 0 aliphatic rings. The molecule has 1 amide bonds. The van der Waals surface area contributed by atoms with Crippen molar-refractivity contribution in [2.24, 2.45) is 4.99 Å². The molecule has 30 heavy (non-hydrogen) atoms. The third-order valence-electron chi connectivity index (χ3n) is 3.83. The Bertz CT molecular complexity index is 887. The predicted octanol–water partition coefficient (Wildman–Crippen LogP) is 4.68. The normalized spacial score (nSPS) is 11.5. The quantitative estimate of drug-likeness (QED) is 0.217. The molecule has 0 bridgehead atoms. The number of hydrogen-bond donors (Lipinski definition) is 3. The fraction of sp³-hybridized carbons (Fsp3) is 0.300. The second-order valence-electron chi connectivity index (χ2n) is 6.23. The predicted molar refractivity (Wildman–Crippen MR) is 119 cm³/mol. The molecule has 0 atom stereocenters. The summed E-state index contributed by atoms with van der Waals surface area (Å²) >= 11 is 0. The molecule has 0 aliphatic heterocycles. The number of nitrogens with one attached hydrogen (secondary N) is 3. The molecule has 10 heteroatoms. The lowest BCUT2D eigenvalue weighted by Gasteiger charge is -2.16. The number of alkyl halides is 3. The zero-order valence-corrected chi connectivity index (χ0v) is 18.8. The summed E-state index contributed by atoms with van der Waals surface area (Å²) < 4.78 is 52.6. The van der Waals surface area contributed by atoms with Gasteiger partial charge in [0.25, 0.3) is 0 Å². The second-order valence-corrected chi connectivity index (χ2v) is 6.23. The number of hydrogen-bond acceptors (Lipinski definition) is 2. The maximum atomic E-state index is 13.2. The maximum Gasteiger partial charge on any atom is 0.416 e. The average molecular weight is 538 g/mol. The van der Waals surface area contributed by atoms with Crippen LogP contribution in [0.4, 0.5) is 23.2 Å². The van der Waals surface area contributed by atoms with E-state index in [1.165, 1.54) is 6.92 Å². The first-order valence-corrected chi connectivity index (χ1v) is 8.93. The van der Waals surface area contributed by atoms with E-state index in [0.717, 1.165) is 17.7 Å². The number of guanidine groups is 1. The molecule has 5 nitrogen and oxygen atoms in total.